The first-order chi connectivity index (χ1) is 5.24. The molecule has 2 N–H and O–H groups in total. The smallest absolute Gasteiger partial charge is 0.0543 e. The van der Waals surface area contributed by atoms with E-state index in [2.05, 4.69) is 23.6 Å². The Balaban J connectivity index is 2.24. The van der Waals surface area contributed by atoms with E-state index < -0.39 is 0 Å². The predicted octanol–water partition coefficient (Wildman–Crippen LogP) is -0.0714. The lowest BCUT2D eigenvalue weighted by Gasteiger charge is -2.36. The lowest BCUT2D eigenvalue weighted by Crippen LogP contribution is -2.51. The molecule has 1 saturated heterocycles. The maximum atomic E-state index is 5.76. The van der Waals surface area contributed by atoms with E-state index in [1.165, 1.54) is 19.6 Å². The van der Waals surface area contributed by atoms with E-state index in [0.29, 0.717) is 0 Å². The van der Waals surface area contributed by atoms with Crippen molar-refractivity contribution in [2.45, 2.75) is 20.0 Å². The molecule has 1 aliphatic rings. The van der Waals surface area contributed by atoms with Gasteiger partial charge in [-0.3, -0.25) is 4.90 Å². The Morgan fingerprint density at radius 1 is 1.27 bits per heavy atom. The first-order valence-corrected chi connectivity index (χ1v) is 4.46. The fraction of sp³-hybridized carbons (Fsp3) is 1.00. The Hall–Kier alpha value is -0.120. The minimum atomic E-state index is 0.231. The van der Waals surface area contributed by atoms with E-state index in [1.807, 2.05) is 0 Å². The van der Waals surface area contributed by atoms with Crippen LogP contribution in [0.5, 0.6) is 0 Å². The average Bonchev–Trinajstić information content (AvgIpc) is 2.05. The van der Waals surface area contributed by atoms with Crippen LogP contribution < -0.4 is 5.73 Å². The minimum Gasteiger partial charge on any atom is -0.316 e. The van der Waals surface area contributed by atoms with Gasteiger partial charge in [0.2, 0.25) is 0 Å². The largest absolute Gasteiger partial charge is 0.316 e. The van der Waals surface area contributed by atoms with Crippen molar-refractivity contribution in [2.75, 3.05) is 32.7 Å². The molecule has 0 aromatic heterocycles. The normalized spacial score (nSPS) is 25.4. The van der Waals surface area contributed by atoms with Crippen LogP contribution in [0.4, 0.5) is 0 Å². The summed E-state index contributed by atoms with van der Waals surface area (Å²) in [5, 5.41) is 0. The van der Waals surface area contributed by atoms with Crippen molar-refractivity contribution in [3.8, 4) is 0 Å². The molecule has 0 radical (unpaired) electrons. The van der Waals surface area contributed by atoms with Gasteiger partial charge >= 0.3 is 0 Å². The summed E-state index contributed by atoms with van der Waals surface area (Å²) in [4.78, 5) is 4.78. The predicted molar refractivity (Wildman–Crippen MR) is 47.3 cm³/mol. The van der Waals surface area contributed by atoms with Gasteiger partial charge in [-0.05, 0) is 13.5 Å². The molecule has 11 heavy (non-hydrogen) atoms. The van der Waals surface area contributed by atoms with Crippen molar-refractivity contribution < 1.29 is 0 Å². The zero-order valence-electron chi connectivity index (χ0n) is 7.58. The number of rotatable bonds is 2. The standard InChI is InChI=1S/C8H19N3/c1-3-10-4-6-11(7-5-10)8(2)9/h8H,3-7,9H2,1-2H3. The van der Waals surface area contributed by atoms with Gasteiger partial charge in [-0.25, -0.2) is 0 Å². The quantitative estimate of drug-likeness (QED) is 0.609. The maximum absolute atomic E-state index is 5.76. The maximum Gasteiger partial charge on any atom is 0.0543 e. The number of likely N-dealkylation sites (N-methyl/N-ethyl adjacent to an activating group) is 1. The second kappa shape index (κ2) is 4.04. The second-order valence-electron chi connectivity index (χ2n) is 3.21. The second-order valence-corrected chi connectivity index (χ2v) is 3.21. The van der Waals surface area contributed by atoms with Gasteiger partial charge in [0.05, 0.1) is 6.17 Å². The van der Waals surface area contributed by atoms with Gasteiger partial charge in [0, 0.05) is 26.2 Å². The fourth-order valence-electron chi connectivity index (χ4n) is 1.49. The van der Waals surface area contributed by atoms with E-state index in [-0.39, 0.29) is 6.17 Å². The molecule has 3 heteroatoms. The van der Waals surface area contributed by atoms with Crippen molar-refractivity contribution in [1.29, 1.82) is 0 Å². The van der Waals surface area contributed by atoms with Crippen LogP contribution >= 0.6 is 0 Å². The van der Waals surface area contributed by atoms with Gasteiger partial charge in [-0.2, -0.15) is 0 Å². The Labute approximate surface area is 69.1 Å². The molecule has 3 nitrogen and oxygen atoms in total. The summed E-state index contributed by atoms with van der Waals surface area (Å²) in [6.45, 7) is 10.1. The summed E-state index contributed by atoms with van der Waals surface area (Å²) in [6, 6.07) is 0. The van der Waals surface area contributed by atoms with Gasteiger partial charge in [0.25, 0.3) is 0 Å². The zero-order valence-corrected chi connectivity index (χ0v) is 7.58. The molecule has 0 aromatic carbocycles. The molecule has 0 aliphatic carbocycles. The number of hydrogen-bond acceptors (Lipinski definition) is 3. The first kappa shape index (κ1) is 8.97. The lowest BCUT2D eigenvalue weighted by molar-refractivity contribution is 0.108. The van der Waals surface area contributed by atoms with Gasteiger partial charge in [0.15, 0.2) is 0 Å². The number of nitrogens with two attached hydrogens (primary N) is 1. The van der Waals surface area contributed by atoms with Gasteiger partial charge < -0.3 is 10.6 Å². The summed E-state index contributed by atoms with van der Waals surface area (Å²) in [6.07, 6.45) is 0.231. The van der Waals surface area contributed by atoms with E-state index >= 15 is 0 Å². The molecule has 1 aliphatic heterocycles. The number of piperazine rings is 1. The Kier molecular flexibility index (Phi) is 3.30. The molecular weight excluding hydrogens is 138 g/mol. The van der Waals surface area contributed by atoms with Crippen LogP contribution in [0.25, 0.3) is 0 Å². The molecule has 1 unspecified atom stereocenters. The summed E-state index contributed by atoms with van der Waals surface area (Å²) in [7, 11) is 0. The minimum absolute atomic E-state index is 0.231. The molecule has 0 amide bonds. The molecule has 1 rings (SSSR count). The Bertz CT molecular complexity index is 106. The summed E-state index contributed by atoms with van der Waals surface area (Å²) >= 11 is 0. The third kappa shape index (κ3) is 2.43. The molecule has 66 valence electrons. The molecular formula is C8H19N3. The van der Waals surface area contributed by atoms with Crippen molar-refractivity contribution >= 4 is 0 Å². The van der Waals surface area contributed by atoms with Crippen molar-refractivity contribution in [2.24, 2.45) is 5.73 Å². The fourth-order valence-corrected chi connectivity index (χ4v) is 1.49. The summed E-state index contributed by atoms with van der Waals surface area (Å²) in [5.41, 5.74) is 5.76. The Morgan fingerprint density at radius 2 is 1.82 bits per heavy atom. The molecule has 1 atom stereocenters. The molecule has 0 saturated carbocycles. The Morgan fingerprint density at radius 3 is 2.18 bits per heavy atom. The summed E-state index contributed by atoms with van der Waals surface area (Å²) in [5.74, 6) is 0. The van der Waals surface area contributed by atoms with Crippen LogP contribution in [0.15, 0.2) is 0 Å². The highest BCUT2D eigenvalue weighted by molar-refractivity contribution is 4.72. The lowest BCUT2D eigenvalue weighted by atomic mass is 10.3. The molecule has 1 heterocycles. The van der Waals surface area contributed by atoms with Crippen LogP contribution in [-0.4, -0.2) is 48.7 Å². The highest BCUT2D eigenvalue weighted by Gasteiger charge is 2.16. The third-order valence-electron chi connectivity index (χ3n) is 2.43. The highest BCUT2D eigenvalue weighted by Crippen LogP contribution is 2.01. The van der Waals surface area contributed by atoms with E-state index in [1.54, 1.807) is 0 Å². The monoisotopic (exact) mass is 157 g/mol. The van der Waals surface area contributed by atoms with Crippen LogP contribution in [0, 0.1) is 0 Å². The van der Waals surface area contributed by atoms with Crippen molar-refractivity contribution in [1.82, 2.24) is 9.80 Å². The third-order valence-corrected chi connectivity index (χ3v) is 2.43. The van der Waals surface area contributed by atoms with Crippen LogP contribution in [0.1, 0.15) is 13.8 Å². The summed E-state index contributed by atoms with van der Waals surface area (Å²) < 4.78 is 0. The van der Waals surface area contributed by atoms with Crippen LogP contribution in [0.3, 0.4) is 0 Å². The zero-order chi connectivity index (χ0) is 8.27. The number of nitrogens with zero attached hydrogens (tertiary/aromatic N) is 2. The van der Waals surface area contributed by atoms with Crippen molar-refractivity contribution in [3.63, 3.8) is 0 Å². The van der Waals surface area contributed by atoms with Gasteiger partial charge in [0.1, 0.15) is 0 Å². The highest BCUT2D eigenvalue weighted by atomic mass is 15.3. The van der Waals surface area contributed by atoms with E-state index in [9.17, 15) is 0 Å². The molecule has 0 bridgehead atoms. The van der Waals surface area contributed by atoms with Crippen LogP contribution in [-0.2, 0) is 0 Å². The van der Waals surface area contributed by atoms with Gasteiger partial charge in [-0.15, -0.1) is 0 Å². The van der Waals surface area contributed by atoms with Crippen molar-refractivity contribution in [3.05, 3.63) is 0 Å². The molecule has 0 aromatic rings. The number of hydrogen-bond donors (Lipinski definition) is 1. The SMILES string of the molecule is CCN1CCN(C(C)N)CC1. The molecule has 1 fully saturated rings. The topological polar surface area (TPSA) is 32.5 Å². The first-order valence-electron chi connectivity index (χ1n) is 4.46. The molecule has 0 spiro atoms. The van der Waals surface area contributed by atoms with Gasteiger partial charge in [-0.1, -0.05) is 6.92 Å². The average molecular weight is 157 g/mol. The van der Waals surface area contributed by atoms with E-state index in [4.69, 9.17) is 5.73 Å². The van der Waals surface area contributed by atoms with Crippen LogP contribution in [0.2, 0.25) is 0 Å². The van der Waals surface area contributed by atoms with E-state index in [0.717, 1.165) is 13.1 Å².